The molecule has 1 unspecified atom stereocenters. The minimum absolute atomic E-state index is 0.610. The summed E-state index contributed by atoms with van der Waals surface area (Å²) in [7, 11) is 0. The summed E-state index contributed by atoms with van der Waals surface area (Å²) in [6, 6.07) is 4.00. The molecule has 0 aromatic carbocycles. The van der Waals surface area contributed by atoms with E-state index < -0.39 is 0 Å². The van der Waals surface area contributed by atoms with Crippen LogP contribution in [0.2, 0.25) is 0 Å². The topological polar surface area (TPSA) is 42.2 Å². The van der Waals surface area contributed by atoms with Crippen molar-refractivity contribution in [2.45, 2.75) is 18.6 Å². The maximum absolute atomic E-state index is 5.69. The van der Waals surface area contributed by atoms with Crippen molar-refractivity contribution in [3.63, 3.8) is 0 Å². The lowest BCUT2D eigenvalue weighted by Crippen LogP contribution is -2.37. The minimum Gasteiger partial charge on any atom is -0.384 e. The van der Waals surface area contributed by atoms with Gasteiger partial charge in [0.2, 0.25) is 0 Å². The van der Waals surface area contributed by atoms with Crippen LogP contribution in [0.3, 0.4) is 0 Å². The molecule has 0 spiro atoms. The summed E-state index contributed by atoms with van der Waals surface area (Å²) in [5.74, 6) is 1.82. The number of rotatable bonds is 2. The number of anilines is 2. The first-order valence-corrected chi connectivity index (χ1v) is 6.42. The van der Waals surface area contributed by atoms with Crippen LogP contribution in [0.1, 0.15) is 13.3 Å². The van der Waals surface area contributed by atoms with E-state index in [0.717, 1.165) is 18.3 Å². The molecule has 0 bridgehead atoms. The third-order valence-corrected chi connectivity index (χ3v) is 4.10. The maximum Gasteiger partial charge on any atom is 0.125 e. The van der Waals surface area contributed by atoms with Crippen LogP contribution in [0.25, 0.3) is 0 Å². The first kappa shape index (κ1) is 10.6. The van der Waals surface area contributed by atoms with Gasteiger partial charge in [-0.3, -0.25) is 0 Å². The molecule has 1 atom stereocenters. The van der Waals surface area contributed by atoms with Crippen molar-refractivity contribution in [1.82, 2.24) is 4.98 Å². The van der Waals surface area contributed by atoms with Gasteiger partial charge in [-0.05, 0) is 12.5 Å². The summed E-state index contributed by atoms with van der Waals surface area (Å²) in [4.78, 5) is 6.43. The highest BCUT2D eigenvalue weighted by Crippen LogP contribution is 2.25. The lowest BCUT2D eigenvalue weighted by atomic mass is 10.2. The highest BCUT2D eigenvalue weighted by Gasteiger charge is 2.19. The molecule has 1 aromatic rings. The van der Waals surface area contributed by atoms with E-state index in [2.05, 4.69) is 28.6 Å². The Hall–Kier alpha value is -0.900. The molecule has 0 radical (unpaired) electrons. The van der Waals surface area contributed by atoms with Gasteiger partial charge < -0.3 is 10.6 Å². The summed E-state index contributed by atoms with van der Waals surface area (Å²) in [6.45, 7) is 4.50. The molecule has 2 N–H and O–H groups in total. The summed E-state index contributed by atoms with van der Waals surface area (Å²) >= 11 is 2.08. The molecule has 1 aliphatic rings. The van der Waals surface area contributed by atoms with E-state index in [1.165, 1.54) is 17.9 Å². The molecule has 0 saturated carbocycles. The van der Waals surface area contributed by atoms with Crippen molar-refractivity contribution in [3.8, 4) is 0 Å². The molecule has 1 aromatic heterocycles. The van der Waals surface area contributed by atoms with Crippen LogP contribution in [0, 0.1) is 0 Å². The standard InChI is InChI=1S/C11H17N3S/c1-2-10-8-14(5-6-15-10)9-3-4-13-11(12)7-9/h3-4,7,10H,2,5-6,8H2,1H3,(H2,12,13). The Kier molecular flexibility index (Phi) is 3.36. The predicted molar refractivity (Wildman–Crippen MR) is 67.4 cm³/mol. The van der Waals surface area contributed by atoms with Gasteiger partial charge in [0.1, 0.15) is 5.82 Å². The van der Waals surface area contributed by atoms with Gasteiger partial charge in [-0.1, -0.05) is 6.92 Å². The fraction of sp³-hybridized carbons (Fsp3) is 0.545. The Morgan fingerprint density at radius 1 is 1.67 bits per heavy atom. The molecule has 0 aliphatic carbocycles. The molecule has 0 amide bonds. The number of hydrogen-bond acceptors (Lipinski definition) is 4. The zero-order valence-electron chi connectivity index (χ0n) is 9.02. The largest absolute Gasteiger partial charge is 0.384 e. The zero-order chi connectivity index (χ0) is 10.7. The summed E-state index contributed by atoms with van der Waals surface area (Å²) in [5, 5.41) is 0.758. The Labute approximate surface area is 95.1 Å². The molecule has 3 nitrogen and oxygen atoms in total. The highest BCUT2D eigenvalue weighted by atomic mass is 32.2. The molecule has 4 heteroatoms. The van der Waals surface area contributed by atoms with Crippen molar-refractivity contribution in [2.24, 2.45) is 0 Å². The van der Waals surface area contributed by atoms with Crippen LogP contribution in [0.4, 0.5) is 11.5 Å². The Bertz CT molecular complexity index is 329. The number of pyridine rings is 1. The van der Waals surface area contributed by atoms with Crippen LogP contribution in [-0.4, -0.2) is 29.1 Å². The molecule has 1 aliphatic heterocycles. The smallest absolute Gasteiger partial charge is 0.125 e. The van der Waals surface area contributed by atoms with Crippen molar-refractivity contribution in [2.75, 3.05) is 29.5 Å². The minimum atomic E-state index is 0.610. The molecular weight excluding hydrogens is 206 g/mol. The second-order valence-corrected chi connectivity index (χ2v) is 5.19. The van der Waals surface area contributed by atoms with Crippen molar-refractivity contribution < 1.29 is 0 Å². The lowest BCUT2D eigenvalue weighted by Gasteiger charge is -2.33. The van der Waals surface area contributed by atoms with E-state index in [4.69, 9.17) is 5.73 Å². The molecule has 2 rings (SSSR count). The van der Waals surface area contributed by atoms with Gasteiger partial charge in [-0.2, -0.15) is 11.8 Å². The van der Waals surface area contributed by atoms with Gasteiger partial charge in [0.05, 0.1) is 0 Å². The van der Waals surface area contributed by atoms with E-state index in [-0.39, 0.29) is 0 Å². The first-order valence-electron chi connectivity index (χ1n) is 5.37. The van der Waals surface area contributed by atoms with Crippen LogP contribution in [-0.2, 0) is 0 Å². The third kappa shape index (κ3) is 2.56. The molecule has 1 saturated heterocycles. The Balaban J connectivity index is 2.09. The summed E-state index contributed by atoms with van der Waals surface area (Å²) < 4.78 is 0. The number of thioether (sulfide) groups is 1. The number of nitrogens with two attached hydrogens (primary N) is 1. The average molecular weight is 223 g/mol. The van der Waals surface area contributed by atoms with Gasteiger partial charge in [-0.15, -0.1) is 0 Å². The lowest BCUT2D eigenvalue weighted by molar-refractivity contribution is 0.728. The number of aromatic nitrogens is 1. The monoisotopic (exact) mass is 223 g/mol. The quantitative estimate of drug-likeness (QED) is 0.832. The van der Waals surface area contributed by atoms with Crippen molar-refractivity contribution in [3.05, 3.63) is 18.3 Å². The highest BCUT2D eigenvalue weighted by molar-refractivity contribution is 8.00. The molecule has 1 fully saturated rings. The normalized spacial score (nSPS) is 21.7. The predicted octanol–water partition coefficient (Wildman–Crippen LogP) is 2.00. The van der Waals surface area contributed by atoms with Crippen molar-refractivity contribution >= 4 is 23.3 Å². The first-order chi connectivity index (χ1) is 7.29. The Morgan fingerprint density at radius 3 is 3.27 bits per heavy atom. The number of nitrogens with zero attached hydrogens (tertiary/aromatic N) is 2. The second kappa shape index (κ2) is 4.75. The molecule has 15 heavy (non-hydrogen) atoms. The second-order valence-electron chi connectivity index (χ2n) is 3.79. The fourth-order valence-electron chi connectivity index (χ4n) is 1.83. The van der Waals surface area contributed by atoms with Crippen LogP contribution >= 0.6 is 11.8 Å². The van der Waals surface area contributed by atoms with Crippen LogP contribution in [0.15, 0.2) is 18.3 Å². The van der Waals surface area contributed by atoms with Gasteiger partial charge >= 0.3 is 0 Å². The average Bonchev–Trinajstić information content (AvgIpc) is 2.29. The van der Waals surface area contributed by atoms with Gasteiger partial charge in [0.15, 0.2) is 0 Å². The SMILES string of the molecule is CCC1CN(c2ccnc(N)c2)CCS1. The third-order valence-electron chi connectivity index (χ3n) is 2.72. The van der Waals surface area contributed by atoms with Crippen LogP contribution in [0.5, 0.6) is 0 Å². The summed E-state index contributed by atoms with van der Waals surface area (Å²) in [5.41, 5.74) is 6.90. The Morgan fingerprint density at radius 2 is 2.53 bits per heavy atom. The van der Waals surface area contributed by atoms with E-state index in [1.54, 1.807) is 6.20 Å². The zero-order valence-corrected chi connectivity index (χ0v) is 9.83. The fourth-order valence-corrected chi connectivity index (χ4v) is 3.01. The van der Waals surface area contributed by atoms with Crippen LogP contribution < -0.4 is 10.6 Å². The molecule has 2 heterocycles. The van der Waals surface area contributed by atoms with E-state index >= 15 is 0 Å². The van der Waals surface area contributed by atoms with E-state index in [9.17, 15) is 0 Å². The maximum atomic E-state index is 5.69. The van der Waals surface area contributed by atoms with Crippen molar-refractivity contribution in [1.29, 1.82) is 0 Å². The van der Waals surface area contributed by atoms with E-state index in [1.807, 2.05) is 12.1 Å². The number of hydrogen-bond donors (Lipinski definition) is 1. The molecular formula is C11H17N3S. The molecule has 82 valence electrons. The van der Waals surface area contributed by atoms with Gasteiger partial charge in [-0.25, -0.2) is 4.98 Å². The van der Waals surface area contributed by atoms with Gasteiger partial charge in [0, 0.05) is 42.0 Å². The summed E-state index contributed by atoms with van der Waals surface area (Å²) in [6.07, 6.45) is 3.02. The number of nitrogen functional groups attached to an aromatic ring is 1. The van der Waals surface area contributed by atoms with Gasteiger partial charge in [0.25, 0.3) is 0 Å². The van der Waals surface area contributed by atoms with E-state index in [0.29, 0.717) is 5.82 Å².